The van der Waals surface area contributed by atoms with Crippen LogP contribution in [-0.2, 0) is 0 Å². The van der Waals surface area contributed by atoms with Crippen LogP contribution in [-0.4, -0.2) is 14.8 Å². The summed E-state index contributed by atoms with van der Waals surface area (Å²) >= 11 is 0. The summed E-state index contributed by atoms with van der Waals surface area (Å²) in [5.41, 5.74) is 1.29. The highest BCUT2D eigenvalue weighted by Crippen LogP contribution is 2.36. The van der Waals surface area contributed by atoms with Crippen molar-refractivity contribution >= 4 is 17.1 Å². The van der Waals surface area contributed by atoms with Gasteiger partial charge in [0.15, 0.2) is 0 Å². The lowest BCUT2D eigenvalue weighted by Crippen LogP contribution is -1.95. The molecule has 0 aromatic heterocycles. The van der Waals surface area contributed by atoms with Gasteiger partial charge in [-0.2, -0.15) is 0 Å². The molecule has 0 aliphatic heterocycles. The molecule has 0 radical (unpaired) electrons. The molecule has 0 unspecified atom stereocenters. The van der Waals surface area contributed by atoms with E-state index in [-0.39, 0.29) is 5.69 Å². The lowest BCUT2D eigenvalue weighted by Gasteiger charge is -2.10. The number of nitro groups is 3. The molecule has 9 heteroatoms. The third kappa shape index (κ3) is 3.61. The molecule has 27 heavy (non-hydrogen) atoms. The van der Waals surface area contributed by atoms with Crippen molar-refractivity contribution < 1.29 is 14.8 Å². The maximum Gasteiger partial charge on any atom is 0.276 e. The molecule has 3 aromatic rings. The molecule has 0 saturated carbocycles. The minimum Gasteiger partial charge on any atom is -0.258 e. The molecule has 0 aliphatic carbocycles. The van der Waals surface area contributed by atoms with Gasteiger partial charge >= 0.3 is 0 Å². The van der Waals surface area contributed by atoms with E-state index in [1.807, 2.05) is 0 Å². The summed E-state index contributed by atoms with van der Waals surface area (Å²) in [5, 5.41) is 33.1. The van der Waals surface area contributed by atoms with Crippen molar-refractivity contribution in [3.8, 4) is 22.3 Å². The van der Waals surface area contributed by atoms with Crippen molar-refractivity contribution in [2.24, 2.45) is 0 Å². The molecule has 3 rings (SSSR count). The number of rotatable bonds is 5. The van der Waals surface area contributed by atoms with Crippen LogP contribution in [0, 0.1) is 30.3 Å². The van der Waals surface area contributed by atoms with Crippen LogP contribution in [0.1, 0.15) is 0 Å². The van der Waals surface area contributed by atoms with Crippen molar-refractivity contribution in [1.82, 2.24) is 0 Å². The average Bonchev–Trinajstić information content (AvgIpc) is 2.67. The fourth-order valence-corrected chi connectivity index (χ4v) is 2.71. The summed E-state index contributed by atoms with van der Waals surface area (Å²) in [6.07, 6.45) is 0. The van der Waals surface area contributed by atoms with Gasteiger partial charge in [-0.05, 0) is 34.4 Å². The van der Waals surface area contributed by atoms with E-state index in [4.69, 9.17) is 0 Å². The second-order valence-electron chi connectivity index (χ2n) is 5.60. The van der Waals surface area contributed by atoms with Crippen molar-refractivity contribution in [3.63, 3.8) is 0 Å². The Morgan fingerprint density at radius 3 is 1.41 bits per heavy atom. The first-order chi connectivity index (χ1) is 12.9. The van der Waals surface area contributed by atoms with Gasteiger partial charge in [0.2, 0.25) is 0 Å². The van der Waals surface area contributed by atoms with Gasteiger partial charge in [-0.1, -0.05) is 24.3 Å². The molecule has 0 atom stereocenters. The lowest BCUT2D eigenvalue weighted by atomic mass is 9.94. The highest BCUT2D eigenvalue weighted by Gasteiger charge is 2.19. The molecular weight excluding hydrogens is 354 g/mol. The highest BCUT2D eigenvalue weighted by atomic mass is 16.6. The van der Waals surface area contributed by atoms with Gasteiger partial charge in [0.25, 0.3) is 17.1 Å². The molecular formula is C18H11N3O6. The van der Waals surface area contributed by atoms with Gasteiger partial charge in [-0.25, -0.2) is 0 Å². The summed E-state index contributed by atoms with van der Waals surface area (Å²) in [5.74, 6) is 0. The van der Waals surface area contributed by atoms with E-state index < -0.39 is 26.1 Å². The summed E-state index contributed by atoms with van der Waals surface area (Å²) in [6.45, 7) is 0. The molecule has 0 saturated heterocycles. The number of nitro benzene ring substituents is 3. The Morgan fingerprint density at radius 1 is 0.519 bits per heavy atom. The Bertz CT molecular complexity index is 1030. The Hall–Kier alpha value is -4.14. The summed E-state index contributed by atoms with van der Waals surface area (Å²) in [4.78, 5) is 31.2. The summed E-state index contributed by atoms with van der Waals surface area (Å²) in [6, 6.07) is 16.1. The van der Waals surface area contributed by atoms with Gasteiger partial charge in [0.05, 0.1) is 20.8 Å². The molecule has 0 fully saturated rings. The first-order valence-electron chi connectivity index (χ1n) is 7.65. The Morgan fingerprint density at radius 2 is 0.963 bits per heavy atom. The maximum absolute atomic E-state index is 11.1. The predicted molar refractivity (Wildman–Crippen MR) is 97.3 cm³/mol. The Balaban J connectivity index is 2.18. The normalized spacial score (nSPS) is 10.4. The molecule has 134 valence electrons. The molecule has 9 nitrogen and oxygen atoms in total. The van der Waals surface area contributed by atoms with Crippen molar-refractivity contribution in [1.29, 1.82) is 0 Å². The fourth-order valence-electron chi connectivity index (χ4n) is 2.71. The molecule has 0 amide bonds. The fraction of sp³-hybridized carbons (Fsp3) is 0. The molecule has 0 aliphatic rings. The minimum atomic E-state index is -0.689. The zero-order valence-corrected chi connectivity index (χ0v) is 13.6. The standard InChI is InChI=1S/C18H11N3O6/c22-19(23)14-7-5-12(6-8-14)17-3-1-2-4-18(17)13-9-15(20(24)25)11-16(10-13)21(26)27/h1-11H. The number of hydrogen-bond donors (Lipinski definition) is 0. The monoisotopic (exact) mass is 365 g/mol. The van der Waals surface area contributed by atoms with Crippen LogP contribution < -0.4 is 0 Å². The first kappa shape index (κ1) is 17.7. The van der Waals surface area contributed by atoms with Crippen LogP contribution in [0.25, 0.3) is 22.3 Å². The Labute approximate surface area is 152 Å². The molecule has 0 bridgehead atoms. The van der Waals surface area contributed by atoms with E-state index in [1.54, 1.807) is 36.4 Å². The Kier molecular flexibility index (Phi) is 4.58. The van der Waals surface area contributed by atoms with Gasteiger partial charge < -0.3 is 0 Å². The minimum absolute atomic E-state index is 0.0674. The maximum atomic E-state index is 11.1. The van der Waals surface area contributed by atoms with Gasteiger partial charge in [-0.3, -0.25) is 30.3 Å². The van der Waals surface area contributed by atoms with Crippen LogP contribution >= 0.6 is 0 Å². The molecule has 3 aromatic carbocycles. The number of nitrogens with zero attached hydrogens (tertiary/aromatic N) is 3. The van der Waals surface area contributed by atoms with E-state index in [9.17, 15) is 30.3 Å². The largest absolute Gasteiger partial charge is 0.276 e. The summed E-state index contributed by atoms with van der Waals surface area (Å²) in [7, 11) is 0. The lowest BCUT2D eigenvalue weighted by molar-refractivity contribution is -0.394. The third-order valence-electron chi connectivity index (χ3n) is 3.95. The smallest absolute Gasteiger partial charge is 0.258 e. The quantitative estimate of drug-likeness (QED) is 0.474. The van der Waals surface area contributed by atoms with E-state index in [0.29, 0.717) is 22.3 Å². The third-order valence-corrected chi connectivity index (χ3v) is 3.95. The second kappa shape index (κ2) is 7.00. The van der Waals surface area contributed by atoms with E-state index >= 15 is 0 Å². The highest BCUT2D eigenvalue weighted by molar-refractivity contribution is 5.85. The number of non-ortho nitro benzene ring substituents is 3. The molecule has 0 spiro atoms. The van der Waals surface area contributed by atoms with Crippen molar-refractivity contribution in [3.05, 3.63) is 97.1 Å². The summed E-state index contributed by atoms with van der Waals surface area (Å²) < 4.78 is 0. The first-order valence-corrected chi connectivity index (χ1v) is 7.65. The topological polar surface area (TPSA) is 129 Å². The zero-order valence-electron chi connectivity index (χ0n) is 13.6. The molecule has 0 N–H and O–H groups in total. The van der Waals surface area contributed by atoms with Crippen LogP contribution in [0.15, 0.2) is 66.7 Å². The van der Waals surface area contributed by atoms with Crippen LogP contribution in [0.2, 0.25) is 0 Å². The van der Waals surface area contributed by atoms with E-state index in [1.165, 1.54) is 24.3 Å². The number of hydrogen-bond acceptors (Lipinski definition) is 6. The van der Waals surface area contributed by atoms with Crippen LogP contribution in [0.4, 0.5) is 17.1 Å². The zero-order chi connectivity index (χ0) is 19.6. The van der Waals surface area contributed by atoms with Crippen LogP contribution in [0.3, 0.4) is 0 Å². The SMILES string of the molecule is O=[N+]([O-])c1ccc(-c2ccccc2-c2cc([N+](=O)[O-])cc([N+](=O)[O-])c2)cc1. The van der Waals surface area contributed by atoms with Crippen molar-refractivity contribution in [2.75, 3.05) is 0 Å². The molecule has 0 heterocycles. The van der Waals surface area contributed by atoms with E-state index in [0.717, 1.165) is 6.07 Å². The second-order valence-corrected chi connectivity index (χ2v) is 5.60. The van der Waals surface area contributed by atoms with Gasteiger partial charge in [-0.15, -0.1) is 0 Å². The van der Waals surface area contributed by atoms with Gasteiger partial charge in [0.1, 0.15) is 0 Å². The van der Waals surface area contributed by atoms with Gasteiger partial charge in [0, 0.05) is 24.3 Å². The number of benzene rings is 3. The van der Waals surface area contributed by atoms with Crippen molar-refractivity contribution in [2.45, 2.75) is 0 Å². The van der Waals surface area contributed by atoms with E-state index in [2.05, 4.69) is 0 Å². The predicted octanol–water partition coefficient (Wildman–Crippen LogP) is 4.75. The van der Waals surface area contributed by atoms with Crippen LogP contribution in [0.5, 0.6) is 0 Å². The average molecular weight is 365 g/mol.